The molecule has 4 heteroatoms. The van der Waals surface area contributed by atoms with Crippen LogP contribution in [0.1, 0.15) is 22.6 Å². The molecule has 3 rings (SSSR count). The Morgan fingerprint density at radius 2 is 2.11 bits per heavy atom. The smallest absolute Gasteiger partial charge is 0.135 e. The molecule has 18 heavy (non-hydrogen) atoms. The van der Waals surface area contributed by atoms with Crippen molar-refractivity contribution in [2.75, 3.05) is 6.61 Å². The molecule has 0 fully saturated rings. The molecule has 2 heterocycles. The number of H-pyrrole nitrogens is 1. The lowest BCUT2D eigenvalue weighted by atomic mass is 10.1. The third kappa shape index (κ3) is 2.35. The molecule has 92 valence electrons. The molecule has 2 aromatic rings. The lowest BCUT2D eigenvalue weighted by Crippen LogP contribution is -2.15. The predicted octanol–water partition coefficient (Wildman–Crippen LogP) is 2.80. The number of aromatic amines is 1. The first-order valence-corrected chi connectivity index (χ1v) is 6.46. The van der Waals surface area contributed by atoms with Gasteiger partial charge < -0.3 is 9.72 Å². The second kappa shape index (κ2) is 5.00. The van der Waals surface area contributed by atoms with Crippen LogP contribution in [-0.4, -0.2) is 16.6 Å². The van der Waals surface area contributed by atoms with E-state index in [1.54, 1.807) is 0 Å². The second-order valence-electron chi connectivity index (χ2n) is 4.41. The maximum atomic E-state index is 5.41. The summed E-state index contributed by atoms with van der Waals surface area (Å²) < 4.78 is 6.08. The standard InChI is InChI=1S/C14H14N2OS/c18-14-11-9-17-7-6-12(11)15-13(16-14)8-10-4-2-1-3-5-10/h1-5H,6-9H2,(H,15,16,18). The molecular formula is C14H14N2OS. The Hall–Kier alpha value is -1.52. The zero-order valence-electron chi connectivity index (χ0n) is 9.98. The molecule has 1 N–H and O–H groups in total. The average Bonchev–Trinajstić information content (AvgIpc) is 2.40. The van der Waals surface area contributed by atoms with E-state index in [4.69, 9.17) is 17.0 Å². The first-order valence-electron chi connectivity index (χ1n) is 6.05. The lowest BCUT2D eigenvalue weighted by Gasteiger charge is -2.17. The van der Waals surface area contributed by atoms with Gasteiger partial charge in [0, 0.05) is 24.1 Å². The molecule has 1 aromatic heterocycles. The number of rotatable bonds is 2. The molecule has 0 spiro atoms. The van der Waals surface area contributed by atoms with Gasteiger partial charge in [0.05, 0.1) is 13.2 Å². The van der Waals surface area contributed by atoms with Crippen LogP contribution in [0.2, 0.25) is 0 Å². The number of hydrogen-bond donors (Lipinski definition) is 1. The summed E-state index contributed by atoms with van der Waals surface area (Å²) in [5.74, 6) is 0.937. The molecule has 1 aliphatic heterocycles. The highest BCUT2D eigenvalue weighted by Crippen LogP contribution is 2.16. The van der Waals surface area contributed by atoms with Crippen molar-refractivity contribution in [3.63, 3.8) is 0 Å². The maximum Gasteiger partial charge on any atom is 0.135 e. The largest absolute Gasteiger partial charge is 0.376 e. The number of ether oxygens (including phenoxy) is 1. The van der Waals surface area contributed by atoms with Crippen LogP contribution in [0, 0.1) is 4.64 Å². The van der Waals surface area contributed by atoms with Crippen molar-refractivity contribution in [3.05, 3.63) is 57.6 Å². The van der Waals surface area contributed by atoms with Crippen LogP contribution in [-0.2, 0) is 24.2 Å². The normalized spacial score (nSPS) is 14.2. The van der Waals surface area contributed by atoms with Gasteiger partial charge in [0.2, 0.25) is 0 Å². The van der Waals surface area contributed by atoms with Crippen molar-refractivity contribution in [2.45, 2.75) is 19.4 Å². The molecule has 1 aliphatic rings. The monoisotopic (exact) mass is 258 g/mol. The number of hydrogen-bond acceptors (Lipinski definition) is 3. The minimum atomic E-state index is 0.587. The number of nitrogens with zero attached hydrogens (tertiary/aromatic N) is 1. The highest BCUT2D eigenvalue weighted by Gasteiger charge is 2.13. The van der Waals surface area contributed by atoms with Crippen LogP contribution in [0.3, 0.4) is 0 Å². The number of aromatic nitrogens is 2. The van der Waals surface area contributed by atoms with Crippen molar-refractivity contribution in [3.8, 4) is 0 Å². The number of benzene rings is 1. The van der Waals surface area contributed by atoms with E-state index >= 15 is 0 Å². The average molecular weight is 258 g/mol. The molecule has 0 atom stereocenters. The van der Waals surface area contributed by atoms with Gasteiger partial charge in [-0.1, -0.05) is 42.5 Å². The van der Waals surface area contributed by atoms with Crippen LogP contribution in [0.4, 0.5) is 0 Å². The molecule has 0 amide bonds. The minimum absolute atomic E-state index is 0.587. The van der Waals surface area contributed by atoms with E-state index in [-0.39, 0.29) is 0 Å². The van der Waals surface area contributed by atoms with E-state index in [2.05, 4.69) is 22.1 Å². The topological polar surface area (TPSA) is 37.9 Å². The Balaban J connectivity index is 1.94. The van der Waals surface area contributed by atoms with E-state index in [0.717, 1.165) is 30.8 Å². The van der Waals surface area contributed by atoms with Crippen LogP contribution in [0.15, 0.2) is 30.3 Å². The fourth-order valence-corrected chi connectivity index (χ4v) is 2.47. The summed E-state index contributed by atoms with van der Waals surface area (Å²) in [6, 6.07) is 10.3. The Morgan fingerprint density at radius 1 is 1.28 bits per heavy atom. The van der Waals surface area contributed by atoms with E-state index in [0.29, 0.717) is 11.2 Å². The van der Waals surface area contributed by atoms with Crippen LogP contribution >= 0.6 is 12.2 Å². The van der Waals surface area contributed by atoms with Crippen LogP contribution < -0.4 is 0 Å². The van der Waals surface area contributed by atoms with Crippen molar-refractivity contribution < 1.29 is 4.74 Å². The molecule has 0 radical (unpaired) electrons. The molecule has 3 nitrogen and oxygen atoms in total. The van der Waals surface area contributed by atoms with E-state index in [1.165, 1.54) is 11.3 Å². The first kappa shape index (κ1) is 11.6. The Bertz CT molecular complexity index is 607. The summed E-state index contributed by atoms with van der Waals surface area (Å²) in [6.45, 7) is 1.34. The van der Waals surface area contributed by atoms with Crippen molar-refractivity contribution in [2.24, 2.45) is 0 Å². The van der Waals surface area contributed by atoms with Gasteiger partial charge in [-0.3, -0.25) is 0 Å². The van der Waals surface area contributed by atoms with Gasteiger partial charge in [0.25, 0.3) is 0 Å². The molecule has 0 saturated carbocycles. The van der Waals surface area contributed by atoms with Gasteiger partial charge in [-0.2, -0.15) is 0 Å². The molecule has 1 aromatic carbocycles. The molecule has 0 saturated heterocycles. The molecular weight excluding hydrogens is 244 g/mol. The zero-order chi connectivity index (χ0) is 12.4. The second-order valence-corrected chi connectivity index (χ2v) is 4.80. The van der Waals surface area contributed by atoms with Gasteiger partial charge in [-0.25, -0.2) is 4.98 Å². The van der Waals surface area contributed by atoms with Gasteiger partial charge in [-0.15, -0.1) is 0 Å². The fraction of sp³-hybridized carbons (Fsp3) is 0.286. The number of fused-ring (bicyclic) bond motifs is 1. The summed E-state index contributed by atoms with van der Waals surface area (Å²) in [7, 11) is 0. The van der Waals surface area contributed by atoms with E-state index in [1.807, 2.05) is 18.2 Å². The van der Waals surface area contributed by atoms with Gasteiger partial charge in [-0.05, 0) is 5.56 Å². The molecule has 0 aliphatic carbocycles. The van der Waals surface area contributed by atoms with Crippen molar-refractivity contribution in [1.82, 2.24) is 9.97 Å². The summed E-state index contributed by atoms with van der Waals surface area (Å²) in [5, 5.41) is 0. The fourth-order valence-electron chi connectivity index (χ4n) is 2.18. The highest BCUT2D eigenvalue weighted by molar-refractivity contribution is 7.71. The highest BCUT2D eigenvalue weighted by atomic mass is 32.1. The number of nitrogens with one attached hydrogen (secondary N) is 1. The van der Waals surface area contributed by atoms with E-state index in [9.17, 15) is 0 Å². The van der Waals surface area contributed by atoms with Crippen molar-refractivity contribution >= 4 is 12.2 Å². The minimum Gasteiger partial charge on any atom is -0.376 e. The Kier molecular flexibility index (Phi) is 3.21. The molecule has 0 unspecified atom stereocenters. The van der Waals surface area contributed by atoms with Crippen molar-refractivity contribution in [1.29, 1.82) is 0 Å². The van der Waals surface area contributed by atoms with Crippen LogP contribution in [0.25, 0.3) is 0 Å². The first-order chi connectivity index (χ1) is 8.83. The Morgan fingerprint density at radius 3 is 2.94 bits per heavy atom. The summed E-state index contributed by atoms with van der Waals surface area (Å²) in [6.07, 6.45) is 1.68. The Labute approximate surface area is 111 Å². The third-order valence-electron chi connectivity index (χ3n) is 3.11. The lowest BCUT2D eigenvalue weighted by molar-refractivity contribution is 0.108. The van der Waals surface area contributed by atoms with E-state index < -0.39 is 0 Å². The predicted molar refractivity (Wildman–Crippen MR) is 72.0 cm³/mol. The van der Waals surface area contributed by atoms with Crippen LogP contribution in [0.5, 0.6) is 0 Å². The third-order valence-corrected chi connectivity index (χ3v) is 3.45. The zero-order valence-corrected chi connectivity index (χ0v) is 10.8. The summed E-state index contributed by atoms with van der Waals surface area (Å²) >= 11 is 5.33. The van der Waals surface area contributed by atoms with Gasteiger partial charge in [0.15, 0.2) is 0 Å². The quantitative estimate of drug-likeness (QED) is 0.842. The molecule has 0 bridgehead atoms. The van der Waals surface area contributed by atoms with Gasteiger partial charge >= 0.3 is 0 Å². The van der Waals surface area contributed by atoms with Gasteiger partial charge in [0.1, 0.15) is 10.5 Å². The summed E-state index contributed by atoms with van der Waals surface area (Å²) in [4.78, 5) is 7.86. The maximum absolute atomic E-state index is 5.41. The summed E-state index contributed by atoms with van der Waals surface area (Å²) in [5.41, 5.74) is 3.47. The SMILES string of the molecule is S=c1nc(Cc2ccccc2)[nH]c2c1COCC2.